The van der Waals surface area contributed by atoms with Gasteiger partial charge in [-0.25, -0.2) is 4.98 Å². The topological polar surface area (TPSA) is 27.1 Å². The molecule has 0 atom stereocenters. The Morgan fingerprint density at radius 1 is 1.11 bits per heavy atom. The molecule has 3 nitrogen and oxygen atoms in total. The van der Waals surface area contributed by atoms with Crippen LogP contribution in [0.4, 0.5) is 0 Å². The molecule has 0 unspecified atom stereocenters. The van der Waals surface area contributed by atoms with Crippen molar-refractivity contribution in [3.8, 4) is 11.4 Å². The van der Waals surface area contributed by atoms with Crippen molar-refractivity contribution in [2.75, 3.05) is 7.11 Å². The molecule has 0 fully saturated rings. The summed E-state index contributed by atoms with van der Waals surface area (Å²) in [5, 5.41) is 1.16. The summed E-state index contributed by atoms with van der Waals surface area (Å²) in [4.78, 5) is 4.49. The maximum atomic E-state index is 5.16. The van der Waals surface area contributed by atoms with Crippen LogP contribution in [0.5, 0.6) is 5.75 Å². The average Bonchev–Trinajstić information content (AvgIpc) is 2.81. The Labute approximate surface area is 106 Å². The molecule has 0 spiro atoms. The van der Waals surface area contributed by atoms with E-state index in [9.17, 15) is 0 Å². The van der Waals surface area contributed by atoms with Crippen LogP contribution >= 0.6 is 0 Å². The SMILES string of the molecule is COc1ccc(-n2ccc3cc(C)cnc32)cc1. The lowest BCUT2D eigenvalue weighted by molar-refractivity contribution is 0.415. The van der Waals surface area contributed by atoms with E-state index in [2.05, 4.69) is 28.6 Å². The van der Waals surface area contributed by atoms with Crippen molar-refractivity contribution in [3.63, 3.8) is 0 Å². The molecule has 2 heterocycles. The first kappa shape index (κ1) is 10.8. The molecule has 0 aliphatic carbocycles. The van der Waals surface area contributed by atoms with Gasteiger partial charge in [-0.1, -0.05) is 0 Å². The highest BCUT2D eigenvalue weighted by atomic mass is 16.5. The molecule has 3 aromatic rings. The van der Waals surface area contributed by atoms with Gasteiger partial charge in [-0.2, -0.15) is 0 Å². The van der Waals surface area contributed by atoms with Crippen LogP contribution in [-0.2, 0) is 0 Å². The molecule has 2 aromatic heterocycles. The number of aromatic nitrogens is 2. The highest BCUT2D eigenvalue weighted by Crippen LogP contribution is 2.21. The summed E-state index contributed by atoms with van der Waals surface area (Å²) < 4.78 is 7.24. The third kappa shape index (κ3) is 1.74. The molecule has 0 N–H and O–H groups in total. The van der Waals surface area contributed by atoms with Gasteiger partial charge >= 0.3 is 0 Å². The van der Waals surface area contributed by atoms with Gasteiger partial charge in [0.2, 0.25) is 0 Å². The quantitative estimate of drug-likeness (QED) is 0.684. The summed E-state index contributed by atoms with van der Waals surface area (Å²) in [6.45, 7) is 2.05. The number of benzene rings is 1. The van der Waals surface area contributed by atoms with Crippen LogP contribution in [0.15, 0.2) is 48.8 Å². The Morgan fingerprint density at radius 3 is 2.61 bits per heavy atom. The van der Waals surface area contributed by atoms with E-state index in [0.717, 1.165) is 22.5 Å². The number of fused-ring (bicyclic) bond motifs is 1. The molecule has 1 aromatic carbocycles. The van der Waals surface area contributed by atoms with Crippen molar-refractivity contribution >= 4 is 11.0 Å². The number of rotatable bonds is 2. The fourth-order valence-electron chi connectivity index (χ4n) is 2.09. The van der Waals surface area contributed by atoms with Crippen molar-refractivity contribution in [1.29, 1.82) is 0 Å². The third-order valence-corrected chi connectivity index (χ3v) is 3.01. The van der Waals surface area contributed by atoms with Gasteiger partial charge < -0.3 is 9.30 Å². The van der Waals surface area contributed by atoms with Crippen molar-refractivity contribution in [3.05, 3.63) is 54.4 Å². The molecule has 3 rings (SSSR count). The van der Waals surface area contributed by atoms with E-state index in [1.807, 2.05) is 36.7 Å². The first-order valence-corrected chi connectivity index (χ1v) is 5.86. The summed E-state index contributed by atoms with van der Waals surface area (Å²) in [6.07, 6.45) is 3.93. The fraction of sp³-hybridized carbons (Fsp3) is 0.133. The summed E-state index contributed by atoms with van der Waals surface area (Å²) in [6, 6.07) is 12.2. The van der Waals surface area contributed by atoms with E-state index in [4.69, 9.17) is 4.74 Å². The number of ether oxygens (including phenoxy) is 1. The smallest absolute Gasteiger partial charge is 0.144 e. The molecule has 0 saturated heterocycles. The monoisotopic (exact) mass is 238 g/mol. The van der Waals surface area contributed by atoms with E-state index >= 15 is 0 Å². The normalized spacial score (nSPS) is 10.8. The summed E-state index contributed by atoms with van der Waals surface area (Å²) in [5.41, 5.74) is 3.24. The van der Waals surface area contributed by atoms with Crippen LogP contribution in [0.25, 0.3) is 16.7 Å². The zero-order chi connectivity index (χ0) is 12.5. The lowest BCUT2D eigenvalue weighted by Gasteiger charge is -2.06. The van der Waals surface area contributed by atoms with Gasteiger partial charge in [-0.3, -0.25) is 0 Å². The number of nitrogens with zero attached hydrogens (tertiary/aromatic N) is 2. The molecule has 90 valence electrons. The Balaban J connectivity index is 2.13. The van der Waals surface area contributed by atoms with Crippen LogP contribution in [0.1, 0.15) is 5.56 Å². The lowest BCUT2D eigenvalue weighted by atomic mass is 10.2. The molecule has 0 bridgehead atoms. The van der Waals surface area contributed by atoms with Crippen LogP contribution in [-0.4, -0.2) is 16.7 Å². The Hall–Kier alpha value is -2.29. The highest BCUT2D eigenvalue weighted by molar-refractivity contribution is 5.78. The zero-order valence-electron chi connectivity index (χ0n) is 10.4. The number of hydrogen-bond donors (Lipinski definition) is 0. The molecule has 0 amide bonds. The van der Waals surface area contributed by atoms with Gasteiger partial charge in [0.1, 0.15) is 11.4 Å². The minimum atomic E-state index is 0.860. The molecular weight excluding hydrogens is 224 g/mol. The van der Waals surface area contributed by atoms with Gasteiger partial charge in [0.25, 0.3) is 0 Å². The standard InChI is InChI=1S/C15H14N2O/c1-11-9-12-7-8-17(15(12)16-10-11)13-3-5-14(18-2)6-4-13/h3-10H,1-2H3. The number of methoxy groups -OCH3 is 1. The maximum absolute atomic E-state index is 5.16. The molecule has 3 heteroatoms. The van der Waals surface area contributed by atoms with Crippen molar-refractivity contribution in [1.82, 2.24) is 9.55 Å². The number of pyridine rings is 1. The van der Waals surface area contributed by atoms with Gasteiger partial charge in [0.15, 0.2) is 0 Å². The first-order chi connectivity index (χ1) is 8.78. The minimum Gasteiger partial charge on any atom is -0.497 e. The molecule has 0 saturated carbocycles. The Bertz CT molecular complexity index is 683. The van der Waals surface area contributed by atoms with Crippen LogP contribution < -0.4 is 4.74 Å². The second kappa shape index (κ2) is 4.18. The van der Waals surface area contributed by atoms with E-state index < -0.39 is 0 Å². The Morgan fingerprint density at radius 2 is 1.89 bits per heavy atom. The fourth-order valence-corrected chi connectivity index (χ4v) is 2.09. The van der Waals surface area contributed by atoms with Crippen molar-refractivity contribution < 1.29 is 4.74 Å². The van der Waals surface area contributed by atoms with Gasteiger partial charge in [0, 0.05) is 23.5 Å². The van der Waals surface area contributed by atoms with E-state index in [1.165, 1.54) is 5.56 Å². The predicted molar refractivity (Wildman–Crippen MR) is 72.4 cm³/mol. The first-order valence-electron chi connectivity index (χ1n) is 5.86. The summed E-state index contributed by atoms with van der Waals surface area (Å²) in [7, 11) is 1.67. The van der Waals surface area contributed by atoms with E-state index in [0.29, 0.717) is 0 Å². The Kier molecular flexibility index (Phi) is 2.52. The van der Waals surface area contributed by atoms with Crippen LogP contribution in [0.2, 0.25) is 0 Å². The second-order valence-corrected chi connectivity index (χ2v) is 4.31. The summed E-state index contributed by atoms with van der Waals surface area (Å²) >= 11 is 0. The van der Waals surface area contributed by atoms with Crippen LogP contribution in [0, 0.1) is 6.92 Å². The van der Waals surface area contributed by atoms with Crippen LogP contribution in [0.3, 0.4) is 0 Å². The lowest BCUT2D eigenvalue weighted by Crippen LogP contribution is -1.94. The highest BCUT2D eigenvalue weighted by Gasteiger charge is 2.04. The minimum absolute atomic E-state index is 0.860. The van der Waals surface area contributed by atoms with Crippen molar-refractivity contribution in [2.45, 2.75) is 6.92 Å². The third-order valence-electron chi connectivity index (χ3n) is 3.01. The number of hydrogen-bond acceptors (Lipinski definition) is 2. The van der Waals surface area contributed by atoms with Gasteiger partial charge in [0.05, 0.1) is 7.11 Å². The summed E-state index contributed by atoms with van der Waals surface area (Å²) in [5.74, 6) is 0.860. The predicted octanol–water partition coefficient (Wildman–Crippen LogP) is 3.34. The molecule has 18 heavy (non-hydrogen) atoms. The molecule has 0 aliphatic heterocycles. The van der Waals surface area contributed by atoms with Gasteiger partial charge in [-0.05, 0) is 48.9 Å². The largest absolute Gasteiger partial charge is 0.497 e. The maximum Gasteiger partial charge on any atom is 0.144 e. The van der Waals surface area contributed by atoms with Gasteiger partial charge in [-0.15, -0.1) is 0 Å². The van der Waals surface area contributed by atoms with E-state index in [-0.39, 0.29) is 0 Å². The average molecular weight is 238 g/mol. The van der Waals surface area contributed by atoms with Crippen molar-refractivity contribution in [2.24, 2.45) is 0 Å². The molecular formula is C15H14N2O. The van der Waals surface area contributed by atoms with E-state index in [1.54, 1.807) is 7.11 Å². The molecule has 0 aliphatic rings. The number of aryl methyl sites for hydroxylation is 1. The molecule has 0 radical (unpaired) electrons. The zero-order valence-corrected chi connectivity index (χ0v) is 10.4. The second-order valence-electron chi connectivity index (χ2n) is 4.31.